The lowest BCUT2D eigenvalue weighted by Gasteiger charge is -2.11. The van der Waals surface area contributed by atoms with E-state index in [4.69, 9.17) is 14.7 Å². The Morgan fingerprint density at radius 3 is 2.71 bits per heavy atom. The number of carbonyl (C=O) groups excluding carboxylic acids is 1. The number of carbonyl (C=O) groups is 1. The summed E-state index contributed by atoms with van der Waals surface area (Å²) in [5.41, 5.74) is 1.04. The van der Waals surface area contributed by atoms with Crippen molar-refractivity contribution < 1.29 is 18.7 Å². The van der Waals surface area contributed by atoms with Gasteiger partial charge in [0.2, 0.25) is 0 Å². The maximum atomic E-state index is 13.7. The number of benzene rings is 2. The first-order valence-corrected chi connectivity index (χ1v) is 6.12. The molecule has 0 bridgehead atoms. The summed E-state index contributed by atoms with van der Waals surface area (Å²) in [6.45, 7) is -0.0694. The Bertz CT molecular complexity index is 707. The number of methoxy groups -OCH3 is 1. The van der Waals surface area contributed by atoms with Gasteiger partial charge in [0.05, 0.1) is 18.7 Å². The van der Waals surface area contributed by atoms with Crippen LogP contribution in [0, 0.1) is 17.1 Å². The second-order valence-corrected chi connectivity index (χ2v) is 4.23. The van der Waals surface area contributed by atoms with Crippen LogP contribution in [0.3, 0.4) is 0 Å². The SMILES string of the molecule is COc1ccc(C=O)cc1OCc1cc(C#N)ccc1F. The van der Waals surface area contributed by atoms with E-state index in [9.17, 15) is 9.18 Å². The second kappa shape index (κ2) is 6.53. The van der Waals surface area contributed by atoms with Crippen molar-refractivity contribution in [3.63, 3.8) is 0 Å². The normalized spacial score (nSPS) is 9.76. The number of nitrogens with zero attached hydrogens (tertiary/aromatic N) is 1. The van der Waals surface area contributed by atoms with Crippen molar-refractivity contribution in [2.24, 2.45) is 0 Å². The molecule has 4 nitrogen and oxygen atoms in total. The summed E-state index contributed by atoms with van der Waals surface area (Å²) < 4.78 is 24.3. The molecule has 0 amide bonds. The summed E-state index contributed by atoms with van der Waals surface area (Å²) in [6.07, 6.45) is 0.684. The van der Waals surface area contributed by atoms with E-state index in [2.05, 4.69) is 0 Å². The molecular formula is C16H12FNO3. The van der Waals surface area contributed by atoms with E-state index in [0.717, 1.165) is 0 Å². The minimum atomic E-state index is -0.459. The van der Waals surface area contributed by atoms with E-state index in [1.807, 2.05) is 6.07 Å². The number of aldehydes is 1. The van der Waals surface area contributed by atoms with Crippen molar-refractivity contribution in [1.29, 1.82) is 5.26 Å². The highest BCUT2D eigenvalue weighted by Crippen LogP contribution is 2.28. The van der Waals surface area contributed by atoms with Crippen molar-refractivity contribution in [3.05, 3.63) is 58.9 Å². The van der Waals surface area contributed by atoms with E-state index in [1.165, 1.54) is 31.4 Å². The van der Waals surface area contributed by atoms with Crippen LogP contribution >= 0.6 is 0 Å². The molecule has 106 valence electrons. The predicted octanol–water partition coefficient (Wildman–Crippen LogP) is 3.10. The third-order valence-corrected chi connectivity index (χ3v) is 2.88. The van der Waals surface area contributed by atoms with Gasteiger partial charge in [-0.3, -0.25) is 4.79 Å². The third kappa shape index (κ3) is 3.37. The first-order chi connectivity index (χ1) is 10.2. The molecule has 0 saturated heterocycles. The Labute approximate surface area is 121 Å². The van der Waals surface area contributed by atoms with Crippen LogP contribution in [0.4, 0.5) is 4.39 Å². The largest absolute Gasteiger partial charge is 0.493 e. The van der Waals surface area contributed by atoms with Gasteiger partial charge >= 0.3 is 0 Å². The van der Waals surface area contributed by atoms with Crippen molar-refractivity contribution in [3.8, 4) is 17.6 Å². The topological polar surface area (TPSA) is 59.3 Å². The summed E-state index contributed by atoms with van der Waals surface area (Å²) in [7, 11) is 1.47. The molecule has 2 aromatic rings. The number of hydrogen-bond donors (Lipinski definition) is 0. The zero-order valence-corrected chi connectivity index (χ0v) is 11.3. The number of halogens is 1. The monoisotopic (exact) mass is 285 g/mol. The Balaban J connectivity index is 2.23. The molecular weight excluding hydrogens is 273 g/mol. The van der Waals surface area contributed by atoms with Gasteiger partial charge in [0, 0.05) is 11.1 Å². The summed E-state index contributed by atoms with van der Waals surface area (Å²) >= 11 is 0. The minimum Gasteiger partial charge on any atom is -0.493 e. The van der Waals surface area contributed by atoms with Gasteiger partial charge in [-0.15, -0.1) is 0 Å². The molecule has 0 N–H and O–H groups in total. The van der Waals surface area contributed by atoms with Crippen LogP contribution in [0.2, 0.25) is 0 Å². The van der Waals surface area contributed by atoms with Gasteiger partial charge in [-0.25, -0.2) is 4.39 Å². The van der Waals surface area contributed by atoms with Crippen LogP contribution in [-0.4, -0.2) is 13.4 Å². The zero-order chi connectivity index (χ0) is 15.2. The van der Waals surface area contributed by atoms with Crippen LogP contribution in [0.5, 0.6) is 11.5 Å². The molecule has 0 radical (unpaired) electrons. The molecule has 2 rings (SSSR count). The summed E-state index contributed by atoms with van der Waals surface area (Å²) in [5.74, 6) is 0.320. The Morgan fingerprint density at radius 2 is 2.05 bits per heavy atom. The quantitative estimate of drug-likeness (QED) is 0.792. The molecule has 0 atom stereocenters. The first-order valence-electron chi connectivity index (χ1n) is 6.12. The summed E-state index contributed by atoms with van der Waals surface area (Å²) in [5, 5.41) is 8.82. The van der Waals surface area contributed by atoms with Gasteiger partial charge in [0.1, 0.15) is 18.7 Å². The molecule has 0 aliphatic rings. The van der Waals surface area contributed by atoms with E-state index in [1.54, 1.807) is 12.1 Å². The fraction of sp³-hybridized carbons (Fsp3) is 0.125. The van der Waals surface area contributed by atoms with Crippen LogP contribution < -0.4 is 9.47 Å². The highest BCUT2D eigenvalue weighted by molar-refractivity contribution is 5.76. The van der Waals surface area contributed by atoms with Gasteiger partial charge in [-0.2, -0.15) is 5.26 Å². The predicted molar refractivity (Wildman–Crippen MR) is 73.8 cm³/mol. The van der Waals surface area contributed by atoms with Crippen LogP contribution in [0.1, 0.15) is 21.5 Å². The Morgan fingerprint density at radius 1 is 1.24 bits per heavy atom. The Hall–Kier alpha value is -2.87. The van der Waals surface area contributed by atoms with Gasteiger partial charge in [-0.1, -0.05) is 0 Å². The van der Waals surface area contributed by atoms with Crippen LogP contribution in [-0.2, 0) is 6.61 Å². The first kappa shape index (κ1) is 14.5. The molecule has 0 aliphatic heterocycles. The molecule has 0 aliphatic carbocycles. The number of nitriles is 1. The van der Waals surface area contributed by atoms with Crippen molar-refractivity contribution in [2.75, 3.05) is 7.11 Å². The molecule has 21 heavy (non-hydrogen) atoms. The van der Waals surface area contributed by atoms with E-state index in [0.29, 0.717) is 28.9 Å². The smallest absolute Gasteiger partial charge is 0.162 e. The molecule has 0 heterocycles. The lowest BCUT2D eigenvalue weighted by molar-refractivity contribution is 0.112. The molecule has 0 fully saturated rings. The van der Waals surface area contributed by atoms with Crippen LogP contribution in [0.15, 0.2) is 36.4 Å². The van der Waals surface area contributed by atoms with E-state index in [-0.39, 0.29) is 12.2 Å². The molecule has 0 saturated carbocycles. The van der Waals surface area contributed by atoms with Gasteiger partial charge in [0.25, 0.3) is 0 Å². The van der Waals surface area contributed by atoms with Gasteiger partial charge in [-0.05, 0) is 36.4 Å². The molecule has 2 aromatic carbocycles. The maximum absolute atomic E-state index is 13.7. The number of rotatable bonds is 5. The average Bonchev–Trinajstić information content (AvgIpc) is 2.53. The van der Waals surface area contributed by atoms with Gasteiger partial charge in [0.15, 0.2) is 11.5 Å². The number of ether oxygens (including phenoxy) is 2. The fourth-order valence-corrected chi connectivity index (χ4v) is 1.79. The van der Waals surface area contributed by atoms with Crippen LogP contribution in [0.25, 0.3) is 0 Å². The third-order valence-electron chi connectivity index (χ3n) is 2.88. The van der Waals surface area contributed by atoms with Crippen molar-refractivity contribution in [1.82, 2.24) is 0 Å². The van der Waals surface area contributed by atoms with E-state index >= 15 is 0 Å². The molecule has 0 spiro atoms. The summed E-state index contributed by atoms with van der Waals surface area (Å²) in [4.78, 5) is 10.8. The highest BCUT2D eigenvalue weighted by Gasteiger charge is 2.09. The maximum Gasteiger partial charge on any atom is 0.162 e. The Kier molecular flexibility index (Phi) is 4.52. The van der Waals surface area contributed by atoms with E-state index < -0.39 is 5.82 Å². The second-order valence-electron chi connectivity index (χ2n) is 4.23. The zero-order valence-electron chi connectivity index (χ0n) is 11.3. The lowest BCUT2D eigenvalue weighted by Crippen LogP contribution is -2.01. The average molecular weight is 285 g/mol. The van der Waals surface area contributed by atoms with Crippen molar-refractivity contribution >= 4 is 6.29 Å². The molecule has 0 unspecified atom stereocenters. The molecule has 0 aromatic heterocycles. The fourth-order valence-electron chi connectivity index (χ4n) is 1.79. The standard InChI is InChI=1S/C16H12FNO3/c1-20-15-5-3-12(9-19)7-16(15)21-10-13-6-11(8-18)2-4-14(13)17/h2-7,9H,10H2,1H3. The lowest BCUT2D eigenvalue weighted by atomic mass is 10.1. The highest BCUT2D eigenvalue weighted by atomic mass is 19.1. The summed E-state index contributed by atoms with van der Waals surface area (Å²) in [6, 6.07) is 10.7. The van der Waals surface area contributed by atoms with Gasteiger partial charge < -0.3 is 9.47 Å². The number of hydrogen-bond acceptors (Lipinski definition) is 4. The van der Waals surface area contributed by atoms with Crippen molar-refractivity contribution in [2.45, 2.75) is 6.61 Å². The molecule has 5 heteroatoms. The minimum absolute atomic E-state index is 0.0694.